The first-order chi connectivity index (χ1) is 15.1. The Morgan fingerprint density at radius 3 is 2.32 bits per heavy atom. The maximum Gasteiger partial charge on any atom is 0.161 e. The second-order valence-corrected chi connectivity index (χ2v) is 8.60. The van der Waals surface area contributed by atoms with Crippen LogP contribution < -0.4 is 9.47 Å². The fourth-order valence-corrected chi connectivity index (χ4v) is 4.71. The summed E-state index contributed by atoms with van der Waals surface area (Å²) in [6.45, 7) is 5.85. The zero-order chi connectivity index (χ0) is 21.6. The van der Waals surface area contributed by atoms with Gasteiger partial charge in [0.05, 0.1) is 19.9 Å². The highest BCUT2D eigenvalue weighted by Crippen LogP contribution is 2.33. The Bertz CT molecular complexity index is 993. The fourth-order valence-electron chi connectivity index (χ4n) is 3.90. The summed E-state index contributed by atoms with van der Waals surface area (Å²) in [6, 6.07) is 12.7. The number of rotatable bonds is 7. The van der Waals surface area contributed by atoms with Crippen LogP contribution in [0.25, 0.3) is 10.6 Å². The number of thiazole rings is 1. The molecule has 2 aromatic carbocycles. The highest BCUT2D eigenvalue weighted by atomic mass is 32.1. The van der Waals surface area contributed by atoms with E-state index in [2.05, 4.69) is 15.2 Å². The molecule has 4 rings (SSSR count). The lowest BCUT2D eigenvalue weighted by molar-refractivity contribution is 0.246. The first-order valence-corrected chi connectivity index (χ1v) is 11.4. The number of halogens is 1. The Labute approximate surface area is 187 Å². The Morgan fingerprint density at radius 1 is 0.903 bits per heavy atom. The molecule has 3 aromatic rings. The largest absolute Gasteiger partial charge is 0.493 e. The molecular weight excluding hydrogens is 413 g/mol. The summed E-state index contributed by atoms with van der Waals surface area (Å²) >= 11 is 1.66. The van der Waals surface area contributed by atoms with E-state index >= 15 is 0 Å². The van der Waals surface area contributed by atoms with Crippen molar-refractivity contribution in [3.8, 4) is 22.1 Å². The van der Waals surface area contributed by atoms with Crippen LogP contribution in [0, 0.1) is 5.82 Å². The van der Waals surface area contributed by atoms with Crippen LogP contribution in [0.15, 0.2) is 47.8 Å². The third-order valence-electron chi connectivity index (χ3n) is 5.57. The van der Waals surface area contributed by atoms with E-state index < -0.39 is 0 Å². The van der Waals surface area contributed by atoms with Crippen LogP contribution in [-0.2, 0) is 13.1 Å². The lowest BCUT2D eigenvalue weighted by Crippen LogP contribution is -2.30. The van der Waals surface area contributed by atoms with Gasteiger partial charge in [-0.3, -0.25) is 9.80 Å². The number of methoxy groups -OCH3 is 2. The molecule has 31 heavy (non-hydrogen) atoms. The van der Waals surface area contributed by atoms with E-state index in [1.54, 1.807) is 25.6 Å². The van der Waals surface area contributed by atoms with Crippen LogP contribution in [0.1, 0.15) is 17.7 Å². The number of aromatic nitrogens is 1. The van der Waals surface area contributed by atoms with Crippen LogP contribution in [0.2, 0.25) is 0 Å². The van der Waals surface area contributed by atoms with Gasteiger partial charge in [0.15, 0.2) is 11.5 Å². The maximum atomic E-state index is 13.1. The Hall–Kier alpha value is -2.48. The minimum atomic E-state index is -0.179. The van der Waals surface area contributed by atoms with Gasteiger partial charge in [0, 0.05) is 37.1 Å². The number of benzene rings is 2. The molecular formula is C24H28FN3O2S. The summed E-state index contributed by atoms with van der Waals surface area (Å²) in [5, 5.41) is 3.14. The van der Waals surface area contributed by atoms with Gasteiger partial charge < -0.3 is 9.47 Å². The van der Waals surface area contributed by atoms with Crippen LogP contribution in [0.5, 0.6) is 11.5 Å². The Morgan fingerprint density at radius 2 is 1.61 bits per heavy atom. The maximum absolute atomic E-state index is 13.1. The lowest BCUT2D eigenvalue weighted by atomic mass is 10.2. The number of nitrogens with zero attached hydrogens (tertiary/aromatic N) is 3. The van der Waals surface area contributed by atoms with Crippen LogP contribution in [-0.4, -0.2) is 55.2 Å². The fraction of sp³-hybridized carbons (Fsp3) is 0.375. The average molecular weight is 442 g/mol. The molecule has 0 aliphatic carbocycles. The molecule has 5 nitrogen and oxygen atoms in total. The normalized spacial score (nSPS) is 15.6. The van der Waals surface area contributed by atoms with Gasteiger partial charge in [-0.25, -0.2) is 9.37 Å². The smallest absolute Gasteiger partial charge is 0.161 e. The number of ether oxygens (including phenoxy) is 2. The van der Waals surface area contributed by atoms with Crippen LogP contribution in [0.3, 0.4) is 0 Å². The molecule has 0 spiro atoms. The molecule has 0 N–H and O–H groups in total. The standard InChI is InChI=1S/C24H28FN3O2S/c1-29-22-9-6-19(14-23(22)30-2)24-26-21(17-31-24)16-28-11-3-10-27(12-13-28)15-18-4-7-20(25)8-5-18/h4-9,14,17H,3,10-13,15-16H2,1-2H3. The molecule has 0 saturated carbocycles. The summed E-state index contributed by atoms with van der Waals surface area (Å²) in [4.78, 5) is 9.78. The third kappa shape index (κ3) is 5.61. The molecule has 0 unspecified atom stereocenters. The van der Waals surface area contributed by atoms with Crippen molar-refractivity contribution < 1.29 is 13.9 Å². The second kappa shape index (κ2) is 10.2. The van der Waals surface area contributed by atoms with Gasteiger partial charge in [-0.2, -0.15) is 0 Å². The molecule has 1 aliphatic heterocycles. The molecule has 1 fully saturated rings. The number of hydrogen-bond donors (Lipinski definition) is 0. The minimum Gasteiger partial charge on any atom is -0.493 e. The predicted octanol–water partition coefficient (Wildman–Crippen LogP) is 4.67. The second-order valence-electron chi connectivity index (χ2n) is 7.75. The highest BCUT2D eigenvalue weighted by molar-refractivity contribution is 7.13. The third-order valence-corrected chi connectivity index (χ3v) is 6.51. The molecule has 1 aliphatic rings. The molecule has 7 heteroatoms. The lowest BCUT2D eigenvalue weighted by Gasteiger charge is -2.21. The molecule has 1 saturated heterocycles. The monoisotopic (exact) mass is 441 g/mol. The van der Waals surface area contributed by atoms with Crippen molar-refractivity contribution in [3.63, 3.8) is 0 Å². The van der Waals surface area contributed by atoms with Crippen molar-refractivity contribution in [3.05, 3.63) is 64.9 Å². The zero-order valence-corrected chi connectivity index (χ0v) is 18.8. The van der Waals surface area contributed by atoms with E-state index in [0.717, 1.165) is 73.3 Å². The van der Waals surface area contributed by atoms with Gasteiger partial charge in [-0.1, -0.05) is 12.1 Å². The SMILES string of the molecule is COc1ccc(-c2nc(CN3CCCN(Cc4ccc(F)cc4)CC3)cs2)cc1OC. The van der Waals surface area contributed by atoms with Gasteiger partial charge >= 0.3 is 0 Å². The molecule has 0 bridgehead atoms. The van der Waals surface area contributed by atoms with Gasteiger partial charge in [0.1, 0.15) is 10.8 Å². The van der Waals surface area contributed by atoms with E-state index in [0.29, 0.717) is 5.75 Å². The van der Waals surface area contributed by atoms with Gasteiger partial charge in [-0.15, -0.1) is 11.3 Å². The molecule has 0 radical (unpaired) electrons. The Kier molecular flexibility index (Phi) is 7.17. The van der Waals surface area contributed by atoms with Crippen LogP contribution >= 0.6 is 11.3 Å². The van der Waals surface area contributed by atoms with Crippen molar-refractivity contribution >= 4 is 11.3 Å². The van der Waals surface area contributed by atoms with Crippen LogP contribution in [0.4, 0.5) is 4.39 Å². The number of hydrogen-bond acceptors (Lipinski definition) is 6. The quantitative estimate of drug-likeness (QED) is 0.533. The van der Waals surface area contributed by atoms with Crippen molar-refractivity contribution in [1.29, 1.82) is 0 Å². The molecule has 2 heterocycles. The van der Waals surface area contributed by atoms with E-state index in [1.807, 2.05) is 30.3 Å². The summed E-state index contributed by atoms with van der Waals surface area (Å²) in [5.41, 5.74) is 3.30. The molecule has 164 valence electrons. The highest BCUT2D eigenvalue weighted by Gasteiger charge is 2.17. The summed E-state index contributed by atoms with van der Waals surface area (Å²) in [6.07, 6.45) is 1.12. The van der Waals surface area contributed by atoms with Crippen molar-refractivity contribution in [2.75, 3.05) is 40.4 Å². The van der Waals surface area contributed by atoms with Crippen molar-refractivity contribution in [2.24, 2.45) is 0 Å². The first kappa shape index (κ1) is 21.7. The Balaban J connectivity index is 1.35. The molecule has 1 aromatic heterocycles. The predicted molar refractivity (Wildman–Crippen MR) is 122 cm³/mol. The van der Waals surface area contributed by atoms with Crippen molar-refractivity contribution in [1.82, 2.24) is 14.8 Å². The van der Waals surface area contributed by atoms with E-state index in [9.17, 15) is 4.39 Å². The molecule has 0 atom stereocenters. The summed E-state index contributed by atoms with van der Waals surface area (Å²) < 4.78 is 23.9. The first-order valence-electron chi connectivity index (χ1n) is 10.5. The van der Waals surface area contributed by atoms with Crippen molar-refractivity contribution in [2.45, 2.75) is 19.5 Å². The van der Waals surface area contributed by atoms with E-state index in [-0.39, 0.29) is 5.82 Å². The van der Waals surface area contributed by atoms with E-state index in [4.69, 9.17) is 14.5 Å². The van der Waals surface area contributed by atoms with E-state index in [1.165, 1.54) is 12.1 Å². The van der Waals surface area contributed by atoms with Gasteiger partial charge in [0.25, 0.3) is 0 Å². The topological polar surface area (TPSA) is 37.8 Å². The molecule has 0 amide bonds. The van der Waals surface area contributed by atoms with Gasteiger partial charge in [0.2, 0.25) is 0 Å². The average Bonchev–Trinajstić information content (AvgIpc) is 3.15. The zero-order valence-electron chi connectivity index (χ0n) is 18.0. The summed E-state index contributed by atoms with van der Waals surface area (Å²) in [7, 11) is 3.29. The van der Waals surface area contributed by atoms with Gasteiger partial charge in [-0.05, 0) is 55.4 Å². The minimum absolute atomic E-state index is 0.179. The summed E-state index contributed by atoms with van der Waals surface area (Å²) in [5.74, 6) is 1.25.